The molecule has 0 N–H and O–H groups in total. The Labute approximate surface area is 246 Å². The van der Waals surface area contributed by atoms with Gasteiger partial charge in [0.05, 0.1) is 7.11 Å². The first-order valence-corrected chi connectivity index (χ1v) is 13.5. The van der Waals surface area contributed by atoms with E-state index in [1.165, 1.54) is 12.5 Å². The predicted octanol–water partition coefficient (Wildman–Crippen LogP) is 8.46. The van der Waals surface area contributed by atoms with Gasteiger partial charge in [0.2, 0.25) is 0 Å². The Hall–Kier alpha value is -5.29. The van der Waals surface area contributed by atoms with Crippen LogP contribution in [0.2, 0.25) is 0 Å². The van der Waals surface area contributed by atoms with Crippen LogP contribution in [-0.4, -0.2) is 24.5 Å². The van der Waals surface area contributed by atoms with Crippen molar-refractivity contribution in [1.29, 1.82) is 0 Å². The van der Waals surface area contributed by atoms with Crippen LogP contribution in [0.1, 0.15) is 60.3 Å². The van der Waals surface area contributed by atoms with Crippen LogP contribution >= 0.6 is 0 Å². The molecule has 0 aromatic heterocycles. The molecule has 5 nitrogen and oxygen atoms in total. The third-order valence-electron chi connectivity index (χ3n) is 6.59. The van der Waals surface area contributed by atoms with Crippen molar-refractivity contribution in [3.05, 3.63) is 160 Å². The van der Waals surface area contributed by atoms with Gasteiger partial charge in [-0.2, -0.15) is 0 Å². The lowest BCUT2D eigenvalue weighted by molar-refractivity contribution is 0.101. The first-order valence-electron chi connectivity index (χ1n) is 13.5. The maximum absolute atomic E-state index is 12.5. The number of benzene rings is 5. The average Bonchev–Trinajstić information content (AvgIpc) is 3.02. The highest BCUT2D eigenvalue weighted by atomic mass is 16.5. The number of hydrogen-bond donors (Lipinski definition) is 0. The molecule has 0 spiro atoms. The SMILES string of the molecule is CC(=O)c1ccc(C(=O)c2ccc(Oc3ccc(C)cc3)cc2)cc1.COc1ccc(C(=O)c2ccc(C)cc2)cc1. The molecule has 0 aliphatic carbocycles. The van der Waals surface area contributed by atoms with Crippen LogP contribution in [0.25, 0.3) is 0 Å². The molecule has 0 bridgehead atoms. The second-order valence-corrected chi connectivity index (χ2v) is 9.83. The molecule has 0 radical (unpaired) electrons. The third-order valence-corrected chi connectivity index (χ3v) is 6.59. The molecule has 0 aliphatic heterocycles. The molecule has 210 valence electrons. The molecule has 5 aromatic carbocycles. The zero-order valence-electron chi connectivity index (χ0n) is 24.1. The van der Waals surface area contributed by atoms with Gasteiger partial charge in [-0.1, -0.05) is 71.8 Å². The van der Waals surface area contributed by atoms with Gasteiger partial charge < -0.3 is 9.47 Å². The van der Waals surface area contributed by atoms with E-state index in [0.29, 0.717) is 33.6 Å². The van der Waals surface area contributed by atoms with E-state index in [4.69, 9.17) is 9.47 Å². The summed E-state index contributed by atoms with van der Waals surface area (Å²) >= 11 is 0. The summed E-state index contributed by atoms with van der Waals surface area (Å²) in [5.74, 6) is 2.11. The molecule has 0 atom stereocenters. The number of hydrogen-bond acceptors (Lipinski definition) is 5. The maximum Gasteiger partial charge on any atom is 0.193 e. The summed E-state index contributed by atoms with van der Waals surface area (Å²) in [6.45, 7) is 5.53. The van der Waals surface area contributed by atoms with Crippen LogP contribution in [-0.2, 0) is 0 Å². The number of ether oxygens (including phenoxy) is 2. The van der Waals surface area contributed by atoms with Crippen molar-refractivity contribution >= 4 is 17.3 Å². The molecule has 0 unspecified atom stereocenters. The number of aryl methyl sites for hydroxylation is 2. The Morgan fingerprint density at radius 2 is 0.714 bits per heavy atom. The van der Waals surface area contributed by atoms with Crippen molar-refractivity contribution in [2.75, 3.05) is 7.11 Å². The Bertz CT molecular complexity index is 1650. The number of methoxy groups -OCH3 is 1. The minimum absolute atomic E-state index is 0.0170. The van der Waals surface area contributed by atoms with Gasteiger partial charge >= 0.3 is 0 Å². The largest absolute Gasteiger partial charge is 0.497 e. The molecule has 5 heteroatoms. The summed E-state index contributed by atoms with van der Waals surface area (Å²) < 4.78 is 10.8. The van der Waals surface area contributed by atoms with Gasteiger partial charge in [-0.05, 0) is 81.4 Å². The van der Waals surface area contributed by atoms with Crippen molar-refractivity contribution in [3.63, 3.8) is 0 Å². The van der Waals surface area contributed by atoms with Gasteiger partial charge in [0.15, 0.2) is 17.3 Å². The molecule has 0 saturated heterocycles. The summed E-state index contributed by atoms with van der Waals surface area (Å²) in [7, 11) is 1.61. The smallest absolute Gasteiger partial charge is 0.193 e. The lowest BCUT2D eigenvalue weighted by Gasteiger charge is -2.07. The van der Waals surface area contributed by atoms with Gasteiger partial charge in [0.1, 0.15) is 17.2 Å². The molecule has 0 saturated carbocycles. The fourth-order valence-corrected chi connectivity index (χ4v) is 4.05. The molecule has 5 rings (SSSR count). The van der Waals surface area contributed by atoms with Crippen molar-refractivity contribution < 1.29 is 23.9 Å². The van der Waals surface area contributed by atoms with E-state index in [0.717, 1.165) is 17.1 Å². The summed E-state index contributed by atoms with van der Waals surface area (Å²) in [4.78, 5) is 35.9. The average molecular weight is 557 g/mol. The van der Waals surface area contributed by atoms with E-state index in [-0.39, 0.29) is 17.3 Å². The second kappa shape index (κ2) is 13.9. The van der Waals surface area contributed by atoms with Crippen molar-refractivity contribution in [2.24, 2.45) is 0 Å². The van der Waals surface area contributed by atoms with Gasteiger partial charge in [-0.15, -0.1) is 0 Å². The van der Waals surface area contributed by atoms with Crippen molar-refractivity contribution in [2.45, 2.75) is 20.8 Å². The Balaban J connectivity index is 0.000000208. The molecule has 0 aliphatic rings. The van der Waals surface area contributed by atoms with Crippen LogP contribution in [0.5, 0.6) is 17.2 Å². The van der Waals surface area contributed by atoms with E-state index < -0.39 is 0 Å². The summed E-state index contributed by atoms with van der Waals surface area (Å²) in [5.41, 5.74) is 5.43. The van der Waals surface area contributed by atoms with E-state index in [9.17, 15) is 14.4 Å². The number of carbonyl (C=O) groups is 3. The highest BCUT2D eigenvalue weighted by Crippen LogP contribution is 2.23. The normalized spacial score (nSPS) is 10.2. The highest BCUT2D eigenvalue weighted by molar-refractivity contribution is 6.10. The molecule has 0 heterocycles. The first kappa shape index (κ1) is 29.7. The number of carbonyl (C=O) groups excluding carboxylic acids is 3. The minimum Gasteiger partial charge on any atom is -0.497 e. The second-order valence-electron chi connectivity index (χ2n) is 9.83. The quantitative estimate of drug-likeness (QED) is 0.179. The highest BCUT2D eigenvalue weighted by Gasteiger charge is 2.11. The summed E-state index contributed by atoms with van der Waals surface area (Å²) in [5, 5.41) is 0. The van der Waals surface area contributed by atoms with Gasteiger partial charge in [-0.3, -0.25) is 14.4 Å². The minimum atomic E-state index is -0.0861. The van der Waals surface area contributed by atoms with E-state index in [2.05, 4.69) is 0 Å². The topological polar surface area (TPSA) is 69.7 Å². The van der Waals surface area contributed by atoms with Crippen LogP contribution in [0.15, 0.2) is 121 Å². The lowest BCUT2D eigenvalue weighted by Crippen LogP contribution is -2.02. The van der Waals surface area contributed by atoms with Crippen LogP contribution in [0.4, 0.5) is 0 Å². The van der Waals surface area contributed by atoms with Gasteiger partial charge in [0, 0.05) is 27.8 Å². The van der Waals surface area contributed by atoms with Crippen LogP contribution in [0, 0.1) is 13.8 Å². The van der Waals surface area contributed by atoms with Crippen molar-refractivity contribution in [1.82, 2.24) is 0 Å². The zero-order chi connectivity index (χ0) is 30.1. The Morgan fingerprint density at radius 1 is 0.429 bits per heavy atom. The number of ketones is 3. The van der Waals surface area contributed by atoms with E-state index in [1.807, 2.05) is 62.4 Å². The predicted molar refractivity (Wildman–Crippen MR) is 165 cm³/mol. The van der Waals surface area contributed by atoms with Crippen molar-refractivity contribution in [3.8, 4) is 17.2 Å². The fourth-order valence-electron chi connectivity index (χ4n) is 4.05. The third kappa shape index (κ3) is 7.89. The molecular formula is C37H32O5. The zero-order valence-corrected chi connectivity index (χ0v) is 24.1. The molecular weight excluding hydrogens is 524 g/mol. The lowest BCUT2D eigenvalue weighted by atomic mass is 10.0. The van der Waals surface area contributed by atoms with Gasteiger partial charge in [0.25, 0.3) is 0 Å². The summed E-state index contributed by atoms with van der Waals surface area (Å²) in [6, 6.07) is 36.2. The fraction of sp³-hybridized carbons (Fsp3) is 0.108. The molecule has 5 aromatic rings. The summed E-state index contributed by atoms with van der Waals surface area (Å²) in [6.07, 6.45) is 0. The maximum atomic E-state index is 12.5. The molecule has 0 fully saturated rings. The van der Waals surface area contributed by atoms with E-state index in [1.54, 1.807) is 79.9 Å². The monoisotopic (exact) mass is 556 g/mol. The van der Waals surface area contributed by atoms with Crippen LogP contribution < -0.4 is 9.47 Å². The number of rotatable bonds is 8. The van der Waals surface area contributed by atoms with Crippen LogP contribution in [0.3, 0.4) is 0 Å². The Morgan fingerprint density at radius 3 is 1.10 bits per heavy atom. The molecule has 0 amide bonds. The van der Waals surface area contributed by atoms with Gasteiger partial charge in [-0.25, -0.2) is 0 Å². The Kier molecular flexibility index (Phi) is 9.80. The number of Topliss-reactive ketones (excluding diaryl/α,β-unsaturated/α-hetero) is 1. The first-order chi connectivity index (χ1) is 20.2. The molecule has 42 heavy (non-hydrogen) atoms. The van der Waals surface area contributed by atoms with E-state index >= 15 is 0 Å². The standard InChI is InChI=1S/C22H18O3.C15H14O2/c1-15-3-11-20(12-4-15)25-21-13-9-19(10-14-21)22(24)18-7-5-17(6-8-18)16(2)23;1-11-3-5-12(6-4-11)15(16)13-7-9-14(17-2)10-8-13/h3-14H,1-2H3;3-10H,1-2H3.